The lowest BCUT2D eigenvalue weighted by molar-refractivity contribution is 0.669. The van der Waals surface area contributed by atoms with Gasteiger partial charge >= 0.3 is 0 Å². The quantitative estimate of drug-likeness (QED) is 0.167. The highest BCUT2D eigenvalue weighted by Gasteiger charge is 2.21. The summed E-state index contributed by atoms with van der Waals surface area (Å²) >= 11 is 0. The van der Waals surface area contributed by atoms with E-state index in [-0.39, 0.29) is 0 Å². The molecule has 0 N–H and O–H groups in total. The minimum Gasteiger partial charge on any atom is -0.456 e. The Balaban J connectivity index is 0.875. The van der Waals surface area contributed by atoms with Crippen molar-refractivity contribution in [3.05, 3.63) is 231 Å². The van der Waals surface area contributed by atoms with Gasteiger partial charge in [-0.1, -0.05) is 140 Å². The number of benzene rings is 10. The second-order valence-corrected chi connectivity index (χ2v) is 18.1. The van der Waals surface area contributed by atoms with Gasteiger partial charge < -0.3 is 18.0 Å². The number of para-hydroxylation sites is 3. The van der Waals surface area contributed by atoms with Gasteiger partial charge in [0.2, 0.25) is 0 Å². The average Bonchev–Trinajstić information content (AvgIpc) is 4.17. The molecule has 0 unspecified atom stereocenters. The van der Waals surface area contributed by atoms with Gasteiger partial charge in [0.15, 0.2) is 5.82 Å². The standard InChI is InChI=1S/C64H38N4O2/c1-4-15-39(16-5-1)54-36-55(66-64(65-54)40-17-6-2-7-18-40)43-19-14-22-45(31-43)68-56-25-12-10-23-46(56)49-34-53-51-33-42(28-30-61(51)70-63(53)37-58(49)68)41-27-29-57-48(32-41)50-35-52-47-24-11-13-26-60(47)69-62(52)38-59(50)67(57)44-20-8-3-9-21-44/h1-38H. The fourth-order valence-electron chi connectivity index (χ4n) is 10.8. The second-order valence-electron chi connectivity index (χ2n) is 18.1. The van der Waals surface area contributed by atoms with E-state index in [1.54, 1.807) is 0 Å². The van der Waals surface area contributed by atoms with E-state index < -0.39 is 0 Å². The number of hydrogen-bond acceptors (Lipinski definition) is 4. The first kappa shape index (κ1) is 38.6. The topological polar surface area (TPSA) is 61.9 Å². The SMILES string of the molecule is c1ccc(-c2cc(-c3cccc(-n4c5ccccc5c5cc6c(cc54)oc4ccc(-c5ccc7c(c5)c5cc8c(cc5n7-c5ccccc5)oc5ccccc58)cc46)c3)nc(-c3ccccc3)n2)cc1. The molecule has 0 aliphatic carbocycles. The van der Waals surface area contributed by atoms with Gasteiger partial charge in [0.25, 0.3) is 0 Å². The van der Waals surface area contributed by atoms with Crippen LogP contribution in [0.5, 0.6) is 0 Å². The van der Waals surface area contributed by atoms with Crippen LogP contribution in [0.4, 0.5) is 0 Å². The maximum absolute atomic E-state index is 6.75. The van der Waals surface area contributed by atoms with Crippen LogP contribution in [0.2, 0.25) is 0 Å². The molecular weight excluding hydrogens is 857 g/mol. The molecule has 15 aromatic rings. The van der Waals surface area contributed by atoms with Crippen LogP contribution >= 0.6 is 0 Å². The lowest BCUT2D eigenvalue weighted by Gasteiger charge is -2.12. The van der Waals surface area contributed by atoms with Crippen molar-refractivity contribution in [2.45, 2.75) is 0 Å². The number of fused-ring (bicyclic) bond motifs is 12. The summed E-state index contributed by atoms with van der Waals surface area (Å²) in [6.07, 6.45) is 0. The molecule has 0 saturated carbocycles. The lowest BCUT2D eigenvalue weighted by atomic mass is 10.00. The molecule has 0 aliphatic heterocycles. The summed E-state index contributed by atoms with van der Waals surface area (Å²) in [5.41, 5.74) is 17.1. The van der Waals surface area contributed by atoms with Gasteiger partial charge in [0.05, 0.1) is 33.5 Å². The van der Waals surface area contributed by atoms with E-state index in [1.165, 1.54) is 16.2 Å². The minimum absolute atomic E-state index is 0.691. The summed E-state index contributed by atoms with van der Waals surface area (Å²) in [5.74, 6) is 0.691. The third-order valence-corrected chi connectivity index (χ3v) is 14.1. The van der Waals surface area contributed by atoms with Crippen LogP contribution in [-0.4, -0.2) is 19.1 Å². The van der Waals surface area contributed by atoms with Crippen LogP contribution in [0.1, 0.15) is 0 Å². The fraction of sp³-hybridized carbons (Fsp3) is 0. The summed E-state index contributed by atoms with van der Waals surface area (Å²) in [6, 6.07) is 81.4. The molecule has 326 valence electrons. The van der Waals surface area contributed by atoms with Gasteiger partial charge in [-0.25, -0.2) is 9.97 Å². The molecule has 70 heavy (non-hydrogen) atoms. The highest BCUT2D eigenvalue weighted by Crippen LogP contribution is 2.43. The fourth-order valence-corrected chi connectivity index (χ4v) is 10.8. The van der Waals surface area contributed by atoms with Crippen molar-refractivity contribution in [1.82, 2.24) is 19.1 Å². The van der Waals surface area contributed by atoms with Gasteiger partial charge in [-0.15, -0.1) is 0 Å². The summed E-state index contributed by atoms with van der Waals surface area (Å²) in [6.45, 7) is 0. The molecule has 0 amide bonds. The number of rotatable bonds is 6. The summed E-state index contributed by atoms with van der Waals surface area (Å²) in [4.78, 5) is 10.2. The molecule has 0 spiro atoms. The van der Waals surface area contributed by atoms with Crippen molar-refractivity contribution in [2.75, 3.05) is 0 Å². The second kappa shape index (κ2) is 15.0. The molecule has 15 rings (SSSR count). The van der Waals surface area contributed by atoms with E-state index in [4.69, 9.17) is 18.8 Å². The van der Waals surface area contributed by atoms with Crippen LogP contribution in [0, 0.1) is 0 Å². The Hall–Kier alpha value is -9.52. The van der Waals surface area contributed by atoms with Crippen molar-refractivity contribution in [3.63, 3.8) is 0 Å². The van der Waals surface area contributed by atoms with E-state index in [1.807, 2.05) is 48.5 Å². The number of furan rings is 2. The first-order chi connectivity index (χ1) is 34.7. The number of hydrogen-bond donors (Lipinski definition) is 0. The molecular formula is C64H38N4O2. The monoisotopic (exact) mass is 894 g/mol. The van der Waals surface area contributed by atoms with Crippen LogP contribution < -0.4 is 0 Å². The number of aromatic nitrogens is 4. The lowest BCUT2D eigenvalue weighted by Crippen LogP contribution is -1.97. The first-order valence-electron chi connectivity index (χ1n) is 23.6. The molecule has 0 aliphatic rings. The van der Waals surface area contributed by atoms with Crippen molar-refractivity contribution in [2.24, 2.45) is 0 Å². The van der Waals surface area contributed by atoms with Crippen molar-refractivity contribution in [1.29, 1.82) is 0 Å². The van der Waals surface area contributed by atoms with Crippen molar-refractivity contribution >= 4 is 87.5 Å². The van der Waals surface area contributed by atoms with Crippen LogP contribution in [0.15, 0.2) is 239 Å². The maximum Gasteiger partial charge on any atom is 0.160 e. The van der Waals surface area contributed by atoms with Crippen molar-refractivity contribution < 1.29 is 8.83 Å². The van der Waals surface area contributed by atoms with Gasteiger partial charge in [-0.2, -0.15) is 0 Å². The predicted molar refractivity (Wildman–Crippen MR) is 287 cm³/mol. The normalized spacial score (nSPS) is 12.0. The smallest absolute Gasteiger partial charge is 0.160 e. The van der Waals surface area contributed by atoms with E-state index in [0.717, 1.165) is 122 Å². The summed E-state index contributed by atoms with van der Waals surface area (Å²) in [5, 5.41) is 9.12. The molecule has 0 fully saturated rings. The Morgan fingerprint density at radius 3 is 1.51 bits per heavy atom. The molecule has 6 nitrogen and oxygen atoms in total. The Morgan fingerprint density at radius 2 is 0.757 bits per heavy atom. The largest absolute Gasteiger partial charge is 0.456 e. The Labute approximate surface area is 400 Å². The predicted octanol–water partition coefficient (Wildman–Crippen LogP) is 17.1. The molecule has 10 aromatic carbocycles. The zero-order chi connectivity index (χ0) is 45.9. The zero-order valence-electron chi connectivity index (χ0n) is 37.5. The van der Waals surface area contributed by atoms with Crippen LogP contribution in [0.3, 0.4) is 0 Å². The van der Waals surface area contributed by atoms with E-state index >= 15 is 0 Å². The third-order valence-electron chi connectivity index (χ3n) is 14.1. The molecule has 0 bridgehead atoms. The van der Waals surface area contributed by atoms with Gasteiger partial charge in [-0.05, 0) is 90.0 Å². The molecule has 6 heteroatoms. The Kier molecular flexibility index (Phi) is 8.26. The summed E-state index contributed by atoms with van der Waals surface area (Å²) < 4.78 is 17.9. The van der Waals surface area contributed by atoms with Gasteiger partial charge in [0.1, 0.15) is 22.3 Å². The molecule has 0 saturated heterocycles. The molecule has 5 aromatic heterocycles. The minimum atomic E-state index is 0.691. The first-order valence-corrected chi connectivity index (χ1v) is 23.6. The van der Waals surface area contributed by atoms with Crippen molar-refractivity contribution in [3.8, 4) is 56.4 Å². The molecule has 5 heterocycles. The molecule has 0 radical (unpaired) electrons. The highest BCUT2D eigenvalue weighted by molar-refractivity contribution is 6.20. The van der Waals surface area contributed by atoms with Gasteiger partial charge in [-0.3, -0.25) is 0 Å². The summed E-state index contributed by atoms with van der Waals surface area (Å²) in [7, 11) is 0. The van der Waals surface area contributed by atoms with E-state index in [2.05, 4.69) is 191 Å². The Morgan fingerprint density at radius 1 is 0.257 bits per heavy atom. The molecule has 0 atom stereocenters. The Bertz CT molecular complexity index is 4520. The van der Waals surface area contributed by atoms with Gasteiger partial charge in [0, 0.05) is 83.3 Å². The highest BCUT2D eigenvalue weighted by atomic mass is 16.3. The van der Waals surface area contributed by atoms with Crippen LogP contribution in [0.25, 0.3) is 144 Å². The van der Waals surface area contributed by atoms with Crippen LogP contribution in [-0.2, 0) is 0 Å². The van der Waals surface area contributed by atoms with E-state index in [0.29, 0.717) is 5.82 Å². The maximum atomic E-state index is 6.75. The third kappa shape index (κ3) is 5.93. The number of nitrogens with zero attached hydrogens (tertiary/aromatic N) is 4. The zero-order valence-corrected chi connectivity index (χ0v) is 37.5. The average molecular weight is 895 g/mol. The van der Waals surface area contributed by atoms with E-state index in [9.17, 15) is 0 Å².